The quantitative estimate of drug-likeness (QED) is 0.848. The van der Waals surface area contributed by atoms with Crippen LogP contribution in [-0.4, -0.2) is 17.6 Å². The van der Waals surface area contributed by atoms with Crippen molar-refractivity contribution in [2.75, 3.05) is 11.9 Å². The number of nitrogens with one attached hydrogen (secondary N) is 2. The van der Waals surface area contributed by atoms with Gasteiger partial charge in [-0.2, -0.15) is 0 Å². The van der Waals surface area contributed by atoms with Gasteiger partial charge in [0, 0.05) is 5.56 Å². The van der Waals surface area contributed by atoms with Crippen LogP contribution in [0.15, 0.2) is 48.5 Å². The molecule has 0 heterocycles. The lowest BCUT2D eigenvalue weighted by molar-refractivity contribution is 0.0977. The number of amides is 1. The molecule has 0 aliphatic rings. The Bertz CT molecular complexity index is 669. The number of hydrogen-bond acceptors (Lipinski definition) is 3. The van der Waals surface area contributed by atoms with Crippen LogP contribution in [0.1, 0.15) is 22.8 Å². The van der Waals surface area contributed by atoms with Crippen LogP contribution in [-0.2, 0) is 0 Å². The number of anilines is 1. The van der Waals surface area contributed by atoms with Crippen LogP contribution in [0.5, 0.6) is 5.75 Å². The molecule has 5 heteroatoms. The number of rotatable bonds is 4. The summed E-state index contributed by atoms with van der Waals surface area (Å²) in [4.78, 5) is 12.1. The fourth-order valence-corrected chi connectivity index (χ4v) is 2.09. The van der Waals surface area contributed by atoms with Gasteiger partial charge in [0.25, 0.3) is 5.91 Å². The summed E-state index contributed by atoms with van der Waals surface area (Å²) in [7, 11) is 0. The maximum atomic E-state index is 12.1. The predicted octanol–water partition coefficient (Wildman–Crippen LogP) is 3.52. The van der Waals surface area contributed by atoms with E-state index in [0.717, 1.165) is 11.3 Å². The number of benzene rings is 2. The van der Waals surface area contributed by atoms with Gasteiger partial charge >= 0.3 is 0 Å². The van der Waals surface area contributed by atoms with Gasteiger partial charge in [0.15, 0.2) is 5.11 Å². The fraction of sp³-hybridized carbons (Fsp3) is 0.176. The number of ether oxygens (including phenoxy) is 1. The molecule has 0 aliphatic heterocycles. The van der Waals surface area contributed by atoms with E-state index in [1.54, 1.807) is 12.1 Å². The van der Waals surface area contributed by atoms with Crippen molar-refractivity contribution in [2.45, 2.75) is 13.8 Å². The molecule has 22 heavy (non-hydrogen) atoms. The molecule has 1 amide bonds. The largest absolute Gasteiger partial charge is 0.492 e. The molecule has 2 N–H and O–H groups in total. The molecule has 2 aromatic rings. The van der Waals surface area contributed by atoms with Gasteiger partial charge in [-0.15, -0.1) is 0 Å². The number of aryl methyl sites for hydroxylation is 1. The molecule has 2 aromatic carbocycles. The minimum atomic E-state index is -0.244. The van der Waals surface area contributed by atoms with Crippen molar-refractivity contribution in [3.05, 3.63) is 59.7 Å². The molecule has 0 atom stereocenters. The third kappa shape index (κ3) is 4.30. The Morgan fingerprint density at radius 2 is 1.82 bits per heavy atom. The summed E-state index contributed by atoms with van der Waals surface area (Å²) in [5.74, 6) is 0.448. The maximum Gasteiger partial charge on any atom is 0.257 e. The summed E-state index contributed by atoms with van der Waals surface area (Å²) in [5.41, 5.74) is 2.38. The van der Waals surface area contributed by atoms with Gasteiger partial charge in [0.1, 0.15) is 5.75 Å². The zero-order valence-corrected chi connectivity index (χ0v) is 13.4. The fourth-order valence-electron chi connectivity index (χ4n) is 1.89. The first-order valence-corrected chi connectivity index (χ1v) is 7.42. The highest BCUT2D eigenvalue weighted by atomic mass is 32.1. The zero-order chi connectivity index (χ0) is 15.9. The standard InChI is InChI=1S/C17H18N2O2S/c1-3-21-15-7-5-4-6-14(15)18-17(22)19-16(20)13-10-8-12(2)9-11-13/h4-11H,3H2,1-2H3,(H2,18,19,20,22). The number of hydrogen-bond donors (Lipinski definition) is 2. The Hall–Kier alpha value is -2.40. The highest BCUT2D eigenvalue weighted by Gasteiger charge is 2.09. The number of carbonyl (C=O) groups is 1. The molecule has 0 fully saturated rings. The second-order valence-electron chi connectivity index (χ2n) is 4.70. The molecule has 0 aliphatic carbocycles. The van der Waals surface area contributed by atoms with E-state index >= 15 is 0 Å². The smallest absolute Gasteiger partial charge is 0.257 e. The first-order chi connectivity index (χ1) is 10.6. The normalized spacial score (nSPS) is 9.91. The van der Waals surface area contributed by atoms with Crippen molar-refractivity contribution in [1.29, 1.82) is 0 Å². The third-order valence-corrected chi connectivity index (χ3v) is 3.18. The molecular formula is C17H18N2O2S. The lowest BCUT2D eigenvalue weighted by Crippen LogP contribution is -2.34. The Labute approximate surface area is 135 Å². The van der Waals surface area contributed by atoms with Crippen LogP contribution in [0, 0.1) is 6.92 Å². The Balaban J connectivity index is 2.01. The van der Waals surface area contributed by atoms with E-state index in [-0.39, 0.29) is 11.0 Å². The molecule has 0 aromatic heterocycles. The van der Waals surface area contributed by atoms with E-state index in [4.69, 9.17) is 17.0 Å². The van der Waals surface area contributed by atoms with Crippen molar-refractivity contribution >= 4 is 28.9 Å². The molecule has 0 saturated carbocycles. The van der Waals surface area contributed by atoms with E-state index in [1.165, 1.54) is 0 Å². The van der Waals surface area contributed by atoms with E-state index in [0.29, 0.717) is 17.9 Å². The number of thiocarbonyl (C=S) groups is 1. The Morgan fingerprint density at radius 1 is 1.14 bits per heavy atom. The first-order valence-electron chi connectivity index (χ1n) is 7.01. The second-order valence-corrected chi connectivity index (χ2v) is 5.11. The highest BCUT2D eigenvalue weighted by molar-refractivity contribution is 7.80. The van der Waals surface area contributed by atoms with Gasteiger partial charge in [0.05, 0.1) is 12.3 Å². The molecule has 0 bridgehead atoms. The van der Waals surface area contributed by atoms with E-state index in [1.807, 2.05) is 50.2 Å². The molecule has 114 valence electrons. The molecule has 2 rings (SSSR count). The van der Waals surface area contributed by atoms with Crippen LogP contribution in [0.4, 0.5) is 5.69 Å². The van der Waals surface area contributed by atoms with Gasteiger partial charge in [-0.3, -0.25) is 10.1 Å². The van der Waals surface area contributed by atoms with Crippen LogP contribution >= 0.6 is 12.2 Å². The average molecular weight is 314 g/mol. The molecule has 0 unspecified atom stereocenters. The number of carbonyl (C=O) groups excluding carboxylic acids is 1. The molecular weight excluding hydrogens is 296 g/mol. The monoisotopic (exact) mass is 314 g/mol. The van der Waals surface area contributed by atoms with Crippen molar-refractivity contribution < 1.29 is 9.53 Å². The van der Waals surface area contributed by atoms with Crippen molar-refractivity contribution in [1.82, 2.24) is 5.32 Å². The molecule has 0 spiro atoms. The molecule has 0 radical (unpaired) electrons. The van der Waals surface area contributed by atoms with Gasteiger partial charge < -0.3 is 10.1 Å². The summed E-state index contributed by atoms with van der Waals surface area (Å²) in [6, 6.07) is 14.7. The highest BCUT2D eigenvalue weighted by Crippen LogP contribution is 2.23. The van der Waals surface area contributed by atoms with Crippen LogP contribution < -0.4 is 15.4 Å². The average Bonchev–Trinajstić information content (AvgIpc) is 2.50. The maximum absolute atomic E-state index is 12.1. The third-order valence-electron chi connectivity index (χ3n) is 2.98. The predicted molar refractivity (Wildman–Crippen MR) is 92.5 cm³/mol. The van der Waals surface area contributed by atoms with Gasteiger partial charge in [-0.1, -0.05) is 29.8 Å². The zero-order valence-electron chi connectivity index (χ0n) is 12.6. The van der Waals surface area contributed by atoms with Gasteiger partial charge in [0.2, 0.25) is 0 Å². The summed E-state index contributed by atoms with van der Waals surface area (Å²) in [6.07, 6.45) is 0. The SMILES string of the molecule is CCOc1ccccc1NC(=S)NC(=O)c1ccc(C)cc1. The second kappa shape index (κ2) is 7.56. The summed E-state index contributed by atoms with van der Waals surface area (Å²) in [5, 5.41) is 5.88. The minimum absolute atomic E-state index is 0.234. The van der Waals surface area contributed by atoms with E-state index in [2.05, 4.69) is 10.6 Å². The van der Waals surface area contributed by atoms with E-state index < -0.39 is 0 Å². The topological polar surface area (TPSA) is 50.4 Å². The van der Waals surface area contributed by atoms with Crippen LogP contribution in [0.3, 0.4) is 0 Å². The first kappa shape index (κ1) is 16.0. The van der Waals surface area contributed by atoms with Gasteiger partial charge in [-0.05, 0) is 50.3 Å². The van der Waals surface area contributed by atoms with Crippen LogP contribution in [0.25, 0.3) is 0 Å². The van der Waals surface area contributed by atoms with Crippen LogP contribution in [0.2, 0.25) is 0 Å². The minimum Gasteiger partial charge on any atom is -0.492 e. The molecule has 4 nitrogen and oxygen atoms in total. The van der Waals surface area contributed by atoms with Crippen molar-refractivity contribution in [2.24, 2.45) is 0 Å². The van der Waals surface area contributed by atoms with E-state index in [9.17, 15) is 4.79 Å². The van der Waals surface area contributed by atoms with Gasteiger partial charge in [-0.25, -0.2) is 0 Å². The summed E-state index contributed by atoms with van der Waals surface area (Å²) < 4.78 is 5.51. The van der Waals surface area contributed by atoms with Crippen molar-refractivity contribution in [3.8, 4) is 5.75 Å². The summed E-state index contributed by atoms with van der Waals surface area (Å²) >= 11 is 5.18. The lowest BCUT2D eigenvalue weighted by atomic mass is 10.1. The molecule has 0 saturated heterocycles. The Morgan fingerprint density at radius 3 is 2.50 bits per heavy atom. The lowest BCUT2D eigenvalue weighted by Gasteiger charge is -2.13. The Kier molecular flexibility index (Phi) is 5.49. The summed E-state index contributed by atoms with van der Waals surface area (Å²) in [6.45, 7) is 4.44. The number of para-hydroxylation sites is 2. The van der Waals surface area contributed by atoms with Crippen molar-refractivity contribution in [3.63, 3.8) is 0 Å².